The van der Waals surface area contributed by atoms with Crippen LogP contribution in [-0.4, -0.2) is 9.97 Å². The quantitative estimate of drug-likeness (QED) is 0.761. The number of nitrogens with zero attached hydrogens (tertiary/aromatic N) is 1. The van der Waals surface area contributed by atoms with Crippen LogP contribution in [0.15, 0.2) is 34.6 Å². The van der Waals surface area contributed by atoms with Crippen LogP contribution in [0.3, 0.4) is 0 Å². The van der Waals surface area contributed by atoms with Gasteiger partial charge in [-0.2, -0.15) is 4.98 Å². The number of hydrogen-bond acceptors (Lipinski definition) is 4. The van der Waals surface area contributed by atoms with Gasteiger partial charge in [-0.05, 0) is 23.6 Å². The van der Waals surface area contributed by atoms with Crippen molar-refractivity contribution in [3.63, 3.8) is 0 Å². The Morgan fingerprint density at radius 3 is 3.08 bits per heavy atom. The van der Waals surface area contributed by atoms with Gasteiger partial charge in [0.2, 0.25) is 0 Å². The van der Waals surface area contributed by atoms with E-state index in [9.17, 15) is 4.79 Å². The lowest BCUT2D eigenvalue weighted by Crippen LogP contribution is -2.10. The van der Waals surface area contributed by atoms with E-state index in [0.29, 0.717) is 5.82 Å². The molecular weight excluding hydrogens is 186 g/mol. The van der Waals surface area contributed by atoms with E-state index in [4.69, 9.17) is 0 Å². The summed E-state index contributed by atoms with van der Waals surface area (Å²) >= 11 is 1.56. The van der Waals surface area contributed by atoms with Gasteiger partial charge in [-0.15, -0.1) is 11.3 Å². The molecule has 0 amide bonds. The molecule has 2 aromatic rings. The van der Waals surface area contributed by atoms with Crippen LogP contribution in [0.25, 0.3) is 0 Å². The summed E-state index contributed by atoms with van der Waals surface area (Å²) in [7, 11) is 0. The van der Waals surface area contributed by atoms with Crippen molar-refractivity contribution in [1.29, 1.82) is 0 Å². The van der Waals surface area contributed by atoms with Gasteiger partial charge in [0.25, 0.3) is 0 Å². The summed E-state index contributed by atoms with van der Waals surface area (Å²) in [4.78, 5) is 17.0. The molecule has 2 aromatic heterocycles. The minimum atomic E-state index is -0.346. The maximum atomic E-state index is 10.8. The van der Waals surface area contributed by atoms with Crippen molar-refractivity contribution in [1.82, 2.24) is 9.97 Å². The summed E-state index contributed by atoms with van der Waals surface area (Å²) in [5.41, 5.74) is -0.346. The minimum absolute atomic E-state index is 0.346. The second-order valence-corrected chi connectivity index (χ2v) is 3.33. The first-order chi connectivity index (χ1) is 6.34. The number of thiophene rings is 1. The van der Waals surface area contributed by atoms with E-state index in [2.05, 4.69) is 15.3 Å². The Balaban J connectivity index is 2.24. The van der Waals surface area contributed by atoms with Gasteiger partial charge in [-0.3, -0.25) is 0 Å². The van der Waals surface area contributed by atoms with E-state index in [1.807, 2.05) is 17.5 Å². The van der Waals surface area contributed by atoms with Crippen LogP contribution >= 0.6 is 11.3 Å². The number of aromatic nitrogens is 2. The van der Waals surface area contributed by atoms with Gasteiger partial charge in [-0.25, -0.2) is 4.79 Å². The number of hydrogen-bond donors (Lipinski definition) is 2. The van der Waals surface area contributed by atoms with Crippen LogP contribution in [0.1, 0.15) is 0 Å². The van der Waals surface area contributed by atoms with E-state index >= 15 is 0 Å². The molecule has 0 aliphatic rings. The Kier molecular flexibility index (Phi) is 2.09. The average Bonchev–Trinajstić information content (AvgIpc) is 2.57. The molecule has 0 aliphatic carbocycles. The zero-order valence-electron chi connectivity index (χ0n) is 6.65. The van der Waals surface area contributed by atoms with Crippen LogP contribution < -0.4 is 11.0 Å². The van der Waals surface area contributed by atoms with Gasteiger partial charge in [0, 0.05) is 6.20 Å². The van der Waals surface area contributed by atoms with Crippen LogP contribution in [-0.2, 0) is 0 Å². The molecule has 0 atom stereocenters. The van der Waals surface area contributed by atoms with Gasteiger partial charge in [0.15, 0.2) is 0 Å². The van der Waals surface area contributed by atoms with E-state index in [-0.39, 0.29) is 5.69 Å². The largest absolute Gasteiger partial charge is 0.346 e. The van der Waals surface area contributed by atoms with Gasteiger partial charge >= 0.3 is 5.69 Å². The third kappa shape index (κ3) is 1.94. The number of H-pyrrole nitrogens is 1. The van der Waals surface area contributed by atoms with Crippen molar-refractivity contribution in [2.75, 3.05) is 5.32 Å². The topological polar surface area (TPSA) is 57.8 Å². The van der Waals surface area contributed by atoms with Gasteiger partial charge in [-0.1, -0.05) is 0 Å². The first-order valence-corrected chi connectivity index (χ1v) is 4.59. The van der Waals surface area contributed by atoms with Crippen molar-refractivity contribution in [3.8, 4) is 0 Å². The summed E-state index contributed by atoms with van der Waals surface area (Å²) in [5.74, 6) is 0.561. The molecule has 0 unspecified atom stereocenters. The Hall–Kier alpha value is -1.62. The fraction of sp³-hybridized carbons (Fsp3) is 0. The monoisotopic (exact) mass is 193 g/mol. The third-order valence-electron chi connectivity index (χ3n) is 1.44. The predicted octanol–water partition coefficient (Wildman–Crippen LogP) is 1.57. The molecule has 0 saturated carbocycles. The SMILES string of the molecule is O=c1nc(Nc2cccs2)cc[nH]1. The lowest BCUT2D eigenvalue weighted by Gasteiger charge is -1.99. The number of rotatable bonds is 2. The highest BCUT2D eigenvalue weighted by Crippen LogP contribution is 2.18. The molecule has 0 aliphatic heterocycles. The molecule has 0 radical (unpaired) electrons. The van der Waals surface area contributed by atoms with Gasteiger partial charge in [0.1, 0.15) is 5.82 Å². The lowest BCUT2D eigenvalue weighted by atomic mass is 10.5. The molecule has 5 heteroatoms. The summed E-state index contributed by atoms with van der Waals surface area (Å²) in [6, 6.07) is 5.56. The Morgan fingerprint density at radius 1 is 1.46 bits per heavy atom. The smallest absolute Gasteiger partial charge is 0.332 e. The zero-order chi connectivity index (χ0) is 9.10. The molecule has 0 saturated heterocycles. The second kappa shape index (κ2) is 3.40. The highest BCUT2D eigenvalue weighted by molar-refractivity contribution is 7.14. The van der Waals surface area contributed by atoms with Crippen LogP contribution in [0.2, 0.25) is 0 Å². The van der Waals surface area contributed by atoms with Crippen LogP contribution in [0, 0.1) is 0 Å². The number of anilines is 2. The lowest BCUT2D eigenvalue weighted by molar-refractivity contribution is 1.08. The summed E-state index contributed by atoms with van der Waals surface area (Å²) < 4.78 is 0. The van der Waals surface area contributed by atoms with E-state index in [1.54, 1.807) is 23.6 Å². The molecule has 2 N–H and O–H groups in total. The Labute approximate surface area is 78.3 Å². The predicted molar refractivity (Wildman–Crippen MR) is 52.5 cm³/mol. The summed E-state index contributed by atoms with van der Waals surface area (Å²) in [6.07, 6.45) is 1.56. The molecule has 2 heterocycles. The number of nitrogens with one attached hydrogen (secondary N) is 2. The van der Waals surface area contributed by atoms with Crippen LogP contribution in [0.4, 0.5) is 10.8 Å². The minimum Gasteiger partial charge on any atom is -0.332 e. The van der Waals surface area contributed by atoms with Gasteiger partial charge < -0.3 is 10.3 Å². The Morgan fingerprint density at radius 2 is 2.38 bits per heavy atom. The fourth-order valence-corrected chi connectivity index (χ4v) is 1.54. The molecule has 13 heavy (non-hydrogen) atoms. The molecule has 0 fully saturated rings. The molecular formula is C8H7N3OS. The molecule has 0 aromatic carbocycles. The van der Waals surface area contributed by atoms with Crippen molar-refractivity contribution >= 4 is 22.2 Å². The molecule has 0 spiro atoms. The van der Waals surface area contributed by atoms with E-state index in [1.165, 1.54) is 0 Å². The highest BCUT2D eigenvalue weighted by Gasteiger charge is 1.95. The maximum absolute atomic E-state index is 10.8. The first kappa shape index (κ1) is 8.00. The molecule has 0 bridgehead atoms. The van der Waals surface area contributed by atoms with Crippen molar-refractivity contribution in [2.24, 2.45) is 0 Å². The Bertz CT molecular complexity index is 435. The standard InChI is InChI=1S/C8H7N3OS/c12-8-9-4-3-6(11-8)10-7-2-1-5-13-7/h1-5H,(H2,9,10,11,12). The average molecular weight is 193 g/mol. The normalized spacial score (nSPS) is 9.85. The summed E-state index contributed by atoms with van der Waals surface area (Å²) in [6.45, 7) is 0. The van der Waals surface area contributed by atoms with Crippen molar-refractivity contribution in [2.45, 2.75) is 0 Å². The van der Waals surface area contributed by atoms with Gasteiger partial charge in [0.05, 0.1) is 5.00 Å². The third-order valence-corrected chi connectivity index (χ3v) is 2.23. The molecule has 66 valence electrons. The van der Waals surface area contributed by atoms with E-state index in [0.717, 1.165) is 5.00 Å². The van der Waals surface area contributed by atoms with E-state index < -0.39 is 0 Å². The molecule has 2 rings (SSSR count). The van der Waals surface area contributed by atoms with Crippen LogP contribution in [0.5, 0.6) is 0 Å². The number of aromatic amines is 1. The van der Waals surface area contributed by atoms with Crippen molar-refractivity contribution in [3.05, 3.63) is 40.3 Å². The zero-order valence-corrected chi connectivity index (χ0v) is 7.47. The first-order valence-electron chi connectivity index (χ1n) is 3.71. The molecule has 4 nitrogen and oxygen atoms in total. The second-order valence-electron chi connectivity index (χ2n) is 2.38. The fourth-order valence-electron chi connectivity index (χ4n) is 0.916. The highest BCUT2D eigenvalue weighted by atomic mass is 32.1. The summed E-state index contributed by atoms with van der Waals surface area (Å²) in [5, 5.41) is 5.94. The van der Waals surface area contributed by atoms with Crippen molar-refractivity contribution < 1.29 is 0 Å². The maximum Gasteiger partial charge on any atom is 0.346 e.